The Kier molecular flexibility index (Phi) is 3.30. The third kappa shape index (κ3) is 2.33. The molecule has 1 aliphatic heterocycles. The van der Waals surface area contributed by atoms with Crippen LogP contribution in [0.4, 0.5) is 4.39 Å². The van der Waals surface area contributed by atoms with Crippen molar-refractivity contribution in [2.75, 3.05) is 6.54 Å². The van der Waals surface area contributed by atoms with E-state index < -0.39 is 0 Å². The summed E-state index contributed by atoms with van der Waals surface area (Å²) in [4.78, 5) is 4.50. The van der Waals surface area contributed by atoms with Gasteiger partial charge in [0.1, 0.15) is 5.82 Å². The molecule has 1 aromatic heterocycles. The Labute approximate surface area is 117 Å². The third-order valence-corrected chi connectivity index (χ3v) is 3.95. The summed E-state index contributed by atoms with van der Waals surface area (Å²) in [5, 5.41) is 7.49. The van der Waals surface area contributed by atoms with E-state index in [0.717, 1.165) is 30.5 Å². The van der Waals surface area contributed by atoms with Crippen LogP contribution < -0.4 is 5.32 Å². The van der Waals surface area contributed by atoms with Crippen LogP contribution in [0.1, 0.15) is 37.6 Å². The lowest BCUT2D eigenvalue weighted by Crippen LogP contribution is -2.43. The van der Waals surface area contributed by atoms with Crippen LogP contribution in [-0.4, -0.2) is 16.7 Å². The van der Waals surface area contributed by atoms with Crippen molar-refractivity contribution in [1.82, 2.24) is 15.5 Å². The summed E-state index contributed by atoms with van der Waals surface area (Å²) in [5.41, 5.74) is 1.36. The Hall–Kier alpha value is -1.75. The molecule has 2 aromatic rings. The van der Waals surface area contributed by atoms with Crippen LogP contribution >= 0.6 is 0 Å². The van der Waals surface area contributed by atoms with Gasteiger partial charge < -0.3 is 9.84 Å². The number of benzene rings is 1. The van der Waals surface area contributed by atoms with Gasteiger partial charge in [0.25, 0.3) is 0 Å². The molecule has 0 bridgehead atoms. The second kappa shape index (κ2) is 4.98. The predicted octanol–water partition coefficient (Wildman–Crippen LogP) is 3.17. The van der Waals surface area contributed by atoms with Gasteiger partial charge in [-0.3, -0.25) is 0 Å². The first-order chi connectivity index (χ1) is 9.58. The minimum absolute atomic E-state index is 0.253. The van der Waals surface area contributed by atoms with E-state index in [2.05, 4.69) is 22.4 Å². The van der Waals surface area contributed by atoms with Gasteiger partial charge in [-0.05, 0) is 63.4 Å². The average Bonchev–Trinajstić information content (AvgIpc) is 2.90. The van der Waals surface area contributed by atoms with Crippen LogP contribution in [0.3, 0.4) is 0 Å². The molecule has 1 unspecified atom stereocenters. The van der Waals surface area contributed by atoms with Crippen molar-refractivity contribution >= 4 is 0 Å². The highest BCUT2D eigenvalue weighted by atomic mass is 19.1. The summed E-state index contributed by atoms with van der Waals surface area (Å²) in [7, 11) is 0. The summed E-state index contributed by atoms with van der Waals surface area (Å²) in [6.07, 6.45) is 3.31. The van der Waals surface area contributed by atoms with E-state index in [1.54, 1.807) is 6.07 Å². The number of aryl methyl sites for hydroxylation is 1. The van der Waals surface area contributed by atoms with Crippen molar-refractivity contribution in [3.05, 3.63) is 35.5 Å². The number of aromatic nitrogens is 2. The number of hydrogen-bond acceptors (Lipinski definition) is 4. The number of halogens is 1. The van der Waals surface area contributed by atoms with E-state index in [-0.39, 0.29) is 11.4 Å². The smallest absolute Gasteiger partial charge is 0.246 e. The summed E-state index contributed by atoms with van der Waals surface area (Å²) in [5.74, 6) is 0.873. The van der Waals surface area contributed by atoms with Crippen LogP contribution in [0.2, 0.25) is 0 Å². The lowest BCUT2D eigenvalue weighted by Gasteiger charge is -2.31. The SMILES string of the molecule is Cc1cc(F)ccc1-c1noc(C2(C)CCCCN2)n1. The van der Waals surface area contributed by atoms with Crippen molar-refractivity contribution < 1.29 is 8.91 Å². The van der Waals surface area contributed by atoms with Crippen molar-refractivity contribution in [1.29, 1.82) is 0 Å². The number of nitrogens with one attached hydrogen (secondary N) is 1. The standard InChI is InChI=1S/C15H18FN3O/c1-10-9-11(16)5-6-12(10)13-18-14(20-19-13)15(2)7-3-4-8-17-15/h5-6,9,17H,3-4,7-8H2,1-2H3. The highest BCUT2D eigenvalue weighted by molar-refractivity contribution is 5.59. The number of piperidine rings is 1. The summed E-state index contributed by atoms with van der Waals surface area (Å²) < 4.78 is 18.6. The fourth-order valence-corrected chi connectivity index (χ4v) is 2.67. The van der Waals surface area contributed by atoms with Gasteiger partial charge in [-0.2, -0.15) is 4.98 Å². The van der Waals surface area contributed by atoms with E-state index in [9.17, 15) is 4.39 Å². The van der Waals surface area contributed by atoms with Gasteiger partial charge in [0.05, 0.1) is 5.54 Å². The maximum Gasteiger partial charge on any atom is 0.246 e. The van der Waals surface area contributed by atoms with E-state index in [1.165, 1.54) is 18.6 Å². The summed E-state index contributed by atoms with van der Waals surface area (Å²) >= 11 is 0. The highest BCUT2D eigenvalue weighted by Crippen LogP contribution is 2.30. The largest absolute Gasteiger partial charge is 0.337 e. The molecule has 1 aliphatic rings. The molecule has 5 heteroatoms. The van der Waals surface area contributed by atoms with Gasteiger partial charge >= 0.3 is 0 Å². The Morgan fingerprint density at radius 2 is 2.20 bits per heavy atom. The fourth-order valence-electron chi connectivity index (χ4n) is 2.67. The number of hydrogen-bond donors (Lipinski definition) is 1. The Morgan fingerprint density at radius 3 is 2.90 bits per heavy atom. The number of nitrogens with zero attached hydrogens (tertiary/aromatic N) is 2. The molecule has 1 aromatic carbocycles. The Balaban J connectivity index is 1.93. The summed E-state index contributed by atoms with van der Waals surface area (Å²) in [6.45, 7) is 4.89. The monoisotopic (exact) mass is 275 g/mol. The van der Waals surface area contributed by atoms with Crippen molar-refractivity contribution in [2.45, 2.75) is 38.6 Å². The third-order valence-electron chi connectivity index (χ3n) is 3.95. The summed E-state index contributed by atoms with van der Waals surface area (Å²) in [6, 6.07) is 4.58. The molecule has 1 atom stereocenters. The zero-order valence-corrected chi connectivity index (χ0v) is 11.7. The zero-order valence-electron chi connectivity index (χ0n) is 11.7. The molecule has 106 valence electrons. The molecule has 2 heterocycles. The predicted molar refractivity (Wildman–Crippen MR) is 73.6 cm³/mol. The minimum Gasteiger partial charge on any atom is -0.337 e. The van der Waals surface area contributed by atoms with E-state index in [0.29, 0.717) is 11.7 Å². The first-order valence-electron chi connectivity index (χ1n) is 6.94. The first-order valence-corrected chi connectivity index (χ1v) is 6.94. The van der Waals surface area contributed by atoms with E-state index in [4.69, 9.17) is 4.52 Å². The van der Waals surface area contributed by atoms with Gasteiger partial charge in [0, 0.05) is 5.56 Å². The molecule has 1 N–H and O–H groups in total. The van der Waals surface area contributed by atoms with Gasteiger partial charge in [0.2, 0.25) is 11.7 Å². The lowest BCUT2D eigenvalue weighted by atomic mass is 9.91. The van der Waals surface area contributed by atoms with Crippen LogP contribution in [0.5, 0.6) is 0 Å². The Bertz CT molecular complexity index is 617. The lowest BCUT2D eigenvalue weighted by molar-refractivity contribution is 0.207. The molecule has 0 radical (unpaired) electrons. The fraction of sp³-hybridized carbons (Fsp3) is 0.467. The average molecular weight is 275 g/mol. The normalized spacial score (nSPS) is 22.9. The Morgan fingerprint density at radius 1 is 1.35 bits per heavy atom. The van der Waals surface area contributed by atoms with Crippen LogP contribution in [-0.2, 0) is 5.54 Å². The topological polar surface area (TPSA) is 51.0 Å². The van der Waals surface area contributed by atoms with Crippen molar-refractivity contribution in [3.8, 4) is 11.4 Å². The van der Waals surface area contributed by atoms with Gasteiger partial charge in [-0.15, -0.1) is 0 Å². The molecule has 1 fully saturated rings. The van der Waals surface area contributed by atoms with Gasteiger partial charge in [0.15, 0.2) is 0 Å². The molecule has 20 heavy (non-hydrogen) atoms. The molecule has 0 amide bonds. The number of rotatable bonds is 2. The van der Waals surface area contributed by atoms with Crippen LogP contribution in [0.15, 0.2) is 22.7 Å². The second-order valence-corrected chi connectivity index (χ2v) is 5.60. The molecule has 1 saturated heterocycles. The molecular weight excluding hydrogens is 257 g/mol. The molecular formula is C15H18FN3O. The zero-order chi connectivity index (χ0) is 14.2. The quantitative estimate of drug-likeness (QED) is 0.914. The molecule has 0 spiro atoms. The second-order valence-electron chi connectivity index (χ2n) is 5.60. The van der Waals surface area contributed by atoms with Gasteiger partial charge in [-0.1, -0.05) is 5.16 Å². The van der Waals surface area contributed by atoms with Gasteiger partial charge in [-0.25, -0.2) is 4.39 Å². The van der Waals surface area contributed by atoms with Crippen LogP contribution in [0.25, 0.3) is 11.4 Å². The minimum atomic E-state index is -0.254. The maximum absolute atomic E-state index is 13.1. The van der Waals surface area contributed by atoms with Crippen molar-refractivity contribution in [2.24, 2.45) is 0 Å². The van der Waals surface area contributed by atoms with E-state index in [1.807, 2.05) is 6.92 Å². The van der Waals surface area contributed by atoms with Crippen molar-refractivity contribution in [3.63, 3.8) is 0 Å². The van der Waals surface area contributed by atoms with Crippen LogP contribution in [0, 0.1) is 12.7 Å². The molecule has 4 nitrogen and oxygen atoms in total. The highest BCUT2D eigenvalue weighted by Gasteiger charge is 2.34. The first kappa shape index (κ1) is 13.2. The van der Waals surface area contributed by atoms with E-state index >= 15 is 0 Å². The molecule has 0 aliphatic carbocycles. The maximum atomic E-state index is 13.1. The molecule has 3 rings (SSSR count). The molecule has 0 saturated carbocycles.